The average molecular weight is 377 g/mol. The summed E-state index contributed by atoms with van der Waals surface area (Å²) in [6, 6.07) is 0. The van der Waals surface area contributed by atoms with Gasteiger partial charge in [0, 0.05) is 43.2 Å². The van der Waals surface area contributed by atoms with Gasteiger partial charge in [-0.25, -0.2) is 4.79 Å². The Bertz CT molecular complexity index is 743. The third-order valence-electron chi connectivity index (χ3n) is 4.97. The Morgan fingerprint density at radius 1 is 1.15 bits per heavy atom. The van der Waals surface area contributed by atoms with Crippen molar-refractivity contribution in [2.24, 2.45) is 11.7 Å². The zero-order valence-corrected chi connectivity index (χ0v) is 16.1. The molecule has 2 aliphatic rings. The minimum atomic E-state index is -0.572. The van der Waals surface area contributed by atoms with Crippen molar-refractivity contribution in [2.45, 2.75) is 52.2 Å². The molecular weight excluding hydrogens is 350 g/mol. The summed E-state index contributed by atoms with van der Waals surface area (Å²) in [7, 11) is 0. The predicted octanol–water partition coefficient (Wildman–Crippen LogP) is 1.04. The van der Waals surface area contributed by atoms with Gasteiger partial charge in [0.1, 0.15) is 5.60 Å². The number of nitrogens with one attached hydrogen (secondary N) is 1. The molecule has 1 aromatic heterocycles. The number of piperidine rings is 1. The molecule has 2 aliphatic heterocycles. The first-order chi connectivity index (χ1) is 12.7. The van der Waals surface area contributed by atoms with Crippen LogP contribution in [0.1, 0.15) is 55.4 Å². The zero-order valence-electron chi connectivity index (χ0n) is 16.1. The first-order valence-corrected chi connectivity index (χ1v) is 9.28. The van der Waals surface area contributed by atoms with Crippen molar-refractivity contribution in [3.05, 3.63) is 17.0 Å². The Labute approximate surface area is 158 Å². The van der Waals surface area contributed by atoms with Crippen molar-refractivity contribution in [1.82, 2.24) is 20.0 Å². The number of nitrogens with two attached hydrogens (primary N) is 1. The van der Waals surface area contributed by atoms with E-state index in [0.29, 0.717) is 51.1 Å². The zero-order chi connectivity index (χ0) is 19.8. The van der Waals surface area contributed by atoms with Crippen LogP contribution >= 0.6 is 0 Å². The normalized spacial score (nSPS) is 18.2. The second-order valence-electron chi connectivity index (χ2n) is 8.15. The Morgan fingerprint density at radius 2 is 1.81 bits per heavy atom. The highest BCUT2D eigenvalue weighted by Crippen LogP contribution is 2.25. The van der Waals surface area contributed by atoms with Crippen LogP contribution in [0.4, 0.5) is 4.79 Å². The Morgan fingerprint density at radius 3 is 2.41 bits per heavy atom. The van der Waals surface area contributed by atoms with Gasteiger partial charge in [0.15, 0.2) is 5.69 Å². The topological polar surface area (TPSA) is 122 Å². The number of fused-ring (bicyclic) bond motifs is 1. The molecular formula is C18H27N5O4. The highest BCUT2D eigenvalue weighted by atomic mass is 16.6. The van der Waals surface area contributed by atoms with Gasteiger partial charge < -0.3 is 20.3 Å². The second kappa shape index (κ2) is 7.21. The second-order valence-corrected chi connectivity index (χ2v) is 8.15. The van der Waals surface area contributed by atoms with E-state index in [-0.39, 0.29) is 17.7 Å². The fourth-order valence-corrected chi connectivity index (χ4v) is 3.47. The fourth-order valence-electron chi connectivity index (χ4n) is 3.47. The number of hydrogen-bond donors (Lipinski definition) is 2. The molecule has 3 heterocycles. The molecule has 0 unspecified atom stereocenters. The van der Waals surface area contributed by atoms with E-state index in [1.54, 1.807) is 9.80 Å². The molecule has 0 aliphatic carbocycles. The van der Waals surface area contributed by atoms with Crippen LogP contribution in [0.3, 0.4) is 0 Å². The smallest absolute Gasteiger partial charge is 0.410 e. The first-order valence-electron chi connectivity index (χ1n) is 9.28. The summed E-state index contributed by atoms with van der Waals surface area (Å²) >= 11 is 0. The lowest BCUT2D eigenvalue weighted by molar-refractivity contribution is -0.123. The van der Waals surface area contributed by atoms with Gasteiger partial charge in [-0.05, 0) is 33.6 Å². The molecule has 9 nitrogen and oxygen atoms in total. The molecule has 0 bridgehead atoms. The van der Waals surface area contributed by atoms with E-state index in [1.165, 1.54) is 0 Å². The van der Waals surface area contributed by atoms with Crippen LogP contribution in [-0.2, 0) is 22.5 Å². The Kier molecular flexibility index (Phi) is 5.12. The number of ether oxygens (including phenoxy) is 1. The molecule has 0 aromatic carbocycles. The monoisotopic (exact) mass is 377 g/mol. The first kappa shape index (κ1) is 19.2. The van der Waals surface area contributed by atoms with E-state index in [0.717, 1.165) is 11.3 Å². The van der Waals surface area contributed by atoms with Crippen molar-refractivity contribution >= 4 is 17.9 Å². The van der Waals surface area contributed by atoms with Gasteiger partial charge in [-0.2, -0.15) is 5.10 Å². The van der Waals surface area contributed by atoms with Crippen molar-refractivity contribution in [1.29, 1.82) is 0 Å². The van der Waals surface area contributed by atoms with Crippen LogP contribution in [0.5, 0.6) is 0 Å². The van der Waals surface area contributed by atoms with Gasteiger partial charge in [0.2, 0.25) is 5.91 Å². The van der Waals surface area contributed by atoms with Crippen molar-refractivity contribution in [2.75, 3.05) is 19.6 Å². The molecule has 0 spiro atoms. The van der Waals surface area contributed by atoms with Crippen LogP contribution in [0.2, 0.25) is 0 Å². The van der Waals surface area contributed by atoms with Crippen molar-refractivity contribution in [3.8, 4) is 0 Å². The third kappa shape index (κ3) is 4.23. The highest BCUT2D eigenvalue weighted by molar-refractivity contribution is 5.94. The molecule has 148 valence electrons. The van der Waals surface area contributed by atoms with Crippen LogP contribution in [0.15, 0.2) is 0 Å². The molecule has 1 saturated heterocycles. The largest absolute Gasteiger partial charge is 0.444 e. The lowest BCUT2D eigenvalue weighted by atomic mass is 9.95. The van der Waals surface area contributed by atoms with Crippen LogP contribution in [0.25, 0.3) is 0 Å². The number of carbonyl (C=O) groups excluding carboxylic acids is 3. The van der Waals surface area contributed by atoms with E-state index in [1.807, 2.05) is 20.8 Å². The van der Waals surface area contributed by atoms with Crippen molar-refractivity contribution in [3.63, 3.8) is 0 Å². The van der Waals surface area contributed by atoms with Gasteiger partial charge >= 0.3 is 6.09 Å². The average Bonchev–Trinajstić information content (AvgIpc) is 3.02. The number of nitrogens with zero attached hydrogens (tertiary/aromatic N) is 3. The van der Waals surface area contributed by atoms with Crippen LogP contribution in [0, 0.1) is 5.92 Å². The van der Waals surface area contributed by atoms with E-state index in [9.17, 15) is 14.4 Å². The molecule has 9 heteroatoms. The van der Waals surface area contributed by atoms with E-state index >= 15 is 0 Å². The molecule has 3 rings (SSSR count). The summed E-state index contributed by atoms with van der Waals surface area (Å²) in [4.78, 5) is 39.9. The Balaban J connectivity index is 1.70. The van der Waals surface area contributed by atoms with Gasteiger partial charge in [-0.3, -0.25) is 14.7 Å². The van der Waals surface area contributed by atoms with Gasteiger partial charge in [-0.1, -0.05) is 0 Å². The SMILES string of the molecule is CC(C)(C)OC(=O)N1CCc2[nH]nc(C(=O)N3CCC(C(N)=O)CC3)c2C1. The third-order valence-corrected chi connectivity index (χ3v) is 4.97. The molecule has 1 fully saturated rings. The molecule has 3 amide bonds. The summed E-state index contributed by atoms with van der Waals surface area (Å²) in [5.74, 6) is -0.668. The van der Waals surface area contributed by atoms with E-state index in [2.05, 4.69) is 10.2 Å². The Hall–Kier alpha value is -2.58. The molecule has 1 aromatic rings. The lowest BCUT2D eigenvalue weighted by Gasteiger charge is -2.32. The van der Waals surface area contributed by atoms with E-state index in [4.69, 9.17) is 10.5 Å². The summed E-state index contributed by atoms with van der Waals surface area (Å²) in [5, 5.41) is 7.14. The van der Waals surface area contributed by atoms with Crippen LogP contribution in [-0.4, -0.2) is 63.1 Å². The summed E-state index contributed by atoms with van der Waals surface area (Å²) in [6.45, 7) is 7.23. The predicted molar refractivity (Wildman–Crippen MR) is 96.8 cm³/mol. The van der Waals surface area contributed by atoms with Gasteiger partial charge in [0.25, 0.3) is 5.91 Å². The van der Waals surface area contributed by atoms with Gasteiger partial charge in [-0.15, -0.1) is 0 Å². The number of H-pyrrole nitrogens is 1. The lowest BCUT2D eigenvalue weighted by Crippen LogP contribution is -2.43. The molecule has 0 atom stereocenters. The molecule has 0 saturated carbocycles. The number of aromatic nitrogens is 2. The number of hydrogen-bond acceptors (Lipinski definition) is 5. The number of amides is 3. The van der Waals surface area contributed by atoms with Crippen LogP contribution < -0.4 is 5.73 Å². The molecule has 27 heavy (non-hydrogen) atoms. The summed E-state index contributed by atoms with van der Waals surface area (Å²) in [5.41, 5.74) is 6.75. The maximum absolute atomic E-state index is 12.9. The fraction of sp³-hybridized carbons (Fsp3) is 0.667. The van der Waals surface area contributed by atoms with Crippen molar-refractivity contribution < 1.29 is 19.1 Å². The van der Waals surface area contributed by atoms with E-state index < -0.39 is 11.7 Å². The maximum atomic E-state index is 12.9. The maximum Gasteiger partial charge on any atom is 0.410 e. The minimum absolute atomic E-state index is 0.176. The molecule has 0 radical (unpaired) electrons. The number of primary amides is 1. The summed E-state index contributed by atoms with van der Waals surface area (Å²) < 4.78 is 5.44. The highest BCUT2D eigenvalue weighted by Gasteiger charge is 2.33. The summed E-state index contributed by atoms with van der Waals surface area (Å²) in [6.07, 6.45) is 1.34. The number of likely N-dealkylation sites (tertiary alicyclic amines) is 1. The minimum Gasteiger partial charge on any atom is -0.444 e. The quantitative estimate of drug-likeness (QED) is 0.797. The van der Waals surface area contributed by atoms with Gasteiger partial charge in [0.05, 0.1) is 6.54 Å². The molecule has 3 N–H and O–H groups in total. The number of rotatable bonds is 2. The standard InChI is InChI=1S/C18H27N5O4/c1-18(2,3)27-17(26)23-9-6-13-12(10-23)14(21-20-13)16(25)22-7-4-11(5-8-22)15(19)24/h11H,4-10H2,1-3H3,(H2,19,24)(H,20,21). The number of carbonyl (C=O) groups is 3. The number of aromatic amines is 1.